The number of hydrogen-bond acceptors (Lipinski definition) is 2. The van der Waals surface area contributed by atoms with Crippen molar-refractivity contribution in [2.45, 2.75) is 31.7 Å². The van der Waals surface area contributed by atoms with E-state index in [2.05, 4.69) is 15.9 Å². The van der Waals surface area contributed by atoms with Gasteiger partial charge in [0, 0.05) is 5.56 Å². The second-order valence-electron chi connectivity index (χ2n) is 3.67. The van der Waals surface area contributed by atoms with Gasteiger partial charge in [-0.3, -0.25) is 4.79 Å². The fourth-order valence-corrected chi connectivity index (χ4v) is 1.46. The number of benzene rings is 1. The lowest BCUT2D eigenvalue weighted by atomic mass is 10.1. The van der Waals surface area contributed by atoms with Gasteiger partial charge in [-0.15, -0.1) is 0 Å². The Morgan fingerprint density at radius 1 is 1.20 bits per heavy atom. The molecule has 0 aromatic heterocycles. The number of ketones is 1. The Hall–Kier alpha value is -0.830. The summed E-state index contributed by atoms with van der Waals surface area (Å²) in [5, 5.41) is 0. The van der Waals surface area contributed by atoms with E-state index in [-0.39, 0.29) is 16.7 Å². The maximum atomic E-state index is 11.6. The Balaban J connectivity index is 2.76. The highest BCUT2D eigenvalue weighted by atomic mass is 79.9. The molecule has 1 rings (SSSR count). The Kier molecular flexibility index (Phi) is 4.33. The first kappa shape index (κ1) is 12.2. The van der Waals surface area contributed by atoms with E-state index < -0.39 is 0 Å². The molecule has 0 saturated heterocycles. The van der Waals surface area contributed by atoms with Crippen LogP contribution in [0.15, 0.2) is 24.3 Å². The molecule has 0 amide bonds. The maximum absolute atomic E-state index is 11.6. The number of ether oxygens (including phenoxy) is 1. The summed E-state index contributed by atoms with van der Waals surface area (Å²) in [6, 6.07) is 7.22. The molecule has 0 aliphatic carbocycles. The molecule has 0 aliphatic rings. The van der Waals surface area contributed by atoms with Gasteiger partial charge in [0.1, 0.15) is 5.75 Å². The molecular formula is C12H15BrO2. The Morgan fingerprint density at radius 3 is 2.13 bits per heavy atom. The molecule has 2 nitrogen and oxygen atoms in total. The van der Waals surface area contributed by atoms with Crippen LogP contribution in [0.1, 0.15) is 31.1 Å². The fourth-order valence-electron chi connectivity index (χ4n) is 1.20. The minimum Gasteiger partial charge on any atom is -0.491 e. The highest BCUT2D eigenvalue weighted by Gasteiger charge is 2.11. The predicted molar refractivity (Wildman–Crippen MR) is 64.9 cm³/mol. The third kappa shape index (κ3) is 3.67. The molecule has 1 unspecified atom stereocenters. The monoisotopic (exact) mass is 270 g/mol. The summed E-state index contributed by atoms with van der Waals surface area (Å²) in [7, 11) is 0. The molecule has 15 heavy (non-hydrogen) atoms. The van der Waals surface area contributed by atoms with E-state index in [1.54, 1.807) is 12.1 Å². The first-order chi connectivity index (χ1) is 7.00. The van der Waals surface area contributed by atoms with E-state index in [0.717, 1.165) is 5.75 Å². The number of carbonyl (C=O) groups excluding carboxylic acids is 1. The minimum atomic E-state index is -0.144. The smallest absolute Gasteiger partial charge is 0.176 e. The average molecular weight is 271 g/mol. The topological polar surface area (TPSA) is 26.3 Å². The summed E-state index contributed by atoms with van der Waals surface area (Å²) < 4.78 is 5.49. The van der Waals surface area contributed by atoms with Crippen molar-refractivity contribution in [1.82, 2.24) is 0 Å². The summed E-state index contributed by atoms with van der Waals surface area (Å²) in [6.07, 6.45) is 0.154. The van der Waals surface area contributed by atoms with Gasteiger partial charge in [-0.2, -0.15) is 0 Å². The van der Waals surface area contributed by atoms with Gasteiger partial charge in [-0.25, -0.2) is 0 Å². The molecule has 0 radical (unpaired) electrons. The van der Waals surface area contributed by atoms with Crippen molar-refractivity contribution in [1.29, 1.82) is 0 Å². The van der Waals surface area contributed by atoms with Gasteiger partial charge in [0.2, 0.25) is 0 Å². The zero-order valence-corrected chi connectivity index (χ0v) is 10.7. The molecule has 0 fully saturated rings. The summed E-state index contributed by atoms with van der Waals surface area (Å²) in [4.78, 5) is 11.4. The second-order valence-corrected chi connectivity index (χ2v) is 5.04. The Bertz CT molecular complexity index is 328. The fraction of sp³-hybridized carbons (Fsp3) is 0.417. The van der Waals surface area contributed by atoms with E-state index in [0.29, 0.717) is 5.56 Å². The average Bonchev–Trinajstić information content (AvgIpc) is 2.17. The second kappa shape index (κ2) is 5.31. The van der Waals surface area contributed by atoms with Crippen LogP contribution in [0.3, 0.4) is 0 Å². The SMILES string of the molecule is CC(C)Oc1ccc(C(=O)C(C)Br)cc1. The molecular weight excluding hydrogens is 256 g/mol. The lowest BCUT2D eigenvalue weighted by molar-refractivity contribution is 0.0996. The van der Waals surface area contributed by atoms with Crippen molar-refractivity contribution in [2.24, 2.45) is 0 Å². The van der Waals surface area contributed by atoms with E-state index in [1.807, 2.05) is 32.9 Å². The molecule has 0 bridgehead atoms. The van der Waals surface area contributed by atoms with Gasteiger partial charge in [0.15, 0.2) is 5.78 Å². The van der Waals surface area contributed by atoms with Gasteiger partial charge in [0.05, 0.1) is 10.9 Å². The number of Topliss-reactive ketones (excluding diaryl/α,β-unsaturated/α-hetero) is 1. The van der Waals surface area contributed by atoms with Crippen LogP contribution in [0.2, 0.25) is 0 Å². The quantitative estimate of drug-likeness (QED) is 0.619. The summed E-state index contributed by atoms with van der Waals surface area (Å²) in [5.74, 6) is 0.884. The lowest BCUT2D eigenvalue weighted by Crippen LogP contribution is -2.10. The highest BCUT2D eigenvalue weighted by molar-refractivity contribution is 9.10. The molecule has 1 atom stereocenters. The molecule has 0 spiro atoms. The Labute approximate surface area is 98.8 Å². The molecule has 1 aromatic rings. The zero-order chi connectivity index (χ0) is 11.4. The predicted octanol–water partition coefficient (Wildman–Crippen LogP) is 3.44. The first-order valence-corrected chi connectivity index (χ1v) is 5.87. The van der Waals surface area contributed by atoms with Crippen LogP contribution in [0.5, 0.6) is 5.75 Å². The van der Waals surface area contributed by atoms with Crippen LogP contribution in [0, 0.1) is 0 Å². The van der Waals surface area contributed by atoms with Crippen LogP contribution < -0.4 is 4.74 Å². The highest BCUT2D eigenvalue weighted by Crippen LogP contribution is 2.16. The number of halogens is 1. The van der Waals surface area contributed by atoms with Gasteiger partial charge in [-0.05, 0) is 45.0 Å². The normalized spacial score (nSPS) is 12.6. The lowest BCUT2D eigenvalue weighted by Gasteiger charge is -2.10. The van der Waals surface area contributed by atoms with Gasteiger partial charge in [0.25, 0.3) is 0 Å². The van der Waals surface area contributed by atoms with Crippen molar-refractivity contribution in [3.8, 4) is 5.75 Å². The summed E-state index contributed by atoms with van der Waals surface area (Å²) >= 11 is 3.25. The van der Waals surface area contributed by atoms with Crippen LogP contribution in [-0.4, -0.2) is 16.7 Å². The van der Waals surface area contributed by atoms with Crippen LogP contribution >= 0.6 is 15.9 Å². The molecule has 0 saturated carbocycles. The summed E-state index contributed by atoms with van der Waals surface area (Å²) in [5.41, 5.74) is 0.704. The minimum absolute atomic E-state index is 0.0890. The molecule has 82 valence electrons. The number of hydrogen-bond donors (Lipinski definition) is 0. The van der Waals surface area contributed by atoms with Crippen molar-refractivity contribution in [3.05, 3.63) is 29.8 Å². The third-order valence-electron chi connectivity index (χ3n) is 1.87. The molecule has 1 aromatic carbocycles. The number of rotatable bonds is 4. The van der Waals surface area contributed by atoms with E-state index in [9.17, 15) is 4.79 Å². The van der Waals surface area contributed by atoms with E-state index in [1.165, 1.54) is 0 Å². The van der Waals surface area contributed by atoms with Gasteiger partial charge >= 0.3 is 0 Å². The van der Waals surface area contributed by atoms with Gasteiger partial charge in [-0.1, -0.05) is 15.9 Å². The number of carbonyl (C=O) groups is 1. The van der Waals surface area contributed by atoms with Crippen LogP contribution in [-0.2, 0) is 0 Å². The molecule has 0 heterocycles. The molecule has 0 aliphatic heterocycles. The molecule has 0 N–H and O–H groups in total. The first-order valence-electron chi connectivity index (χ1n) is 4.95. The van der Waals surface area contributed by atoms with Crippen LogP contribution in [0.4, 0.5) is 0 Å². The largest absolute Gasteiger partial charge is 0.491 e. The Morgan fingerprint density at radius 2 is 1.73 bits per heavy atom. The van der Waals surface area contributed by atoms with Crippen molar-refractivity contribution in [2.75, 3.05) is 0 Å². The van der Waals surface area contributed by atoms with Crippen molar-refractivity contribution < 1.29 is 9.53 Å². The maximum Gasteiger partial charge on any atom is 0.176 e. The van der Waals surface area contributed by atoms with E-state index >= 15 is 0 Å². The van der Waals surface area contributed by atoms with Crippen molar-refractivity contribution >= 4 is 21.7 Å². The summed E-state index contributed by atoms with van der Waals surface area (Å²) in [6.45, 7) is 5.76. The standard InChI is InChI=1S/C12H15BrO2/c1-8(2)15-11-6-4-10(5-7-11)12(14)9(3)13/h4-9H,1-3H3. The van der Waals surface area contributed by atoms with E-state index in [4.69, 9.17) is 4.74 Å². The van der Waals surface area contributed by atoms with Crippen molar-refractivity contribution in [3.63, 3.8) is 0 Å². The van der Waals surface area contributed by atoms with Gasteiger partial charge < -0.3 is 4.74 Å². The molecule has 3 heteroatoms. The zero-order valence-electron chi connectivity index (χ0n) is 9.16. The third-order valence-corrected chi connectivity index (χ3v) is 2.29. The van der Waals surface area contributed by atoms with Crippen LogP contribution in [0.25, 0.3) is 0 Å². The number of alkyl halides is 1.